The summed E-state index contributed by atoms with van der Waals surface area (Å²) in [4.78, 5) is 11.2. The van der Waals surface area contributed by atoms with Crippen LogP contribution in [0.1, 0.15) is 29.9 Å². The number of fused-ring (bicyclic) bond motifs is 1. The number of aromatic hydroxyl groups is 1. The number of carbonyl (C=O) groups is 1. The summed E-state index contributed by atoms with van der Waals surface area (Å²) >= 11 is 0. The fraction of sp³-hybridized carbons (Fsp3) is 0.417. The molecule has 0 aliphatic heterocycles. The van der Waals surface area contributed by atoms with Crippen LogP contribution in [0.15, 0.2) is 12.1 Å². The fourth-order valence-electron chi connectivity index (χ4n) is 2.24. The number of halogens is 1. The number of hydrogen-bond donors (Lipinski definition) is 1. The fourth-order valence-corrected chi connectivity index (χ4v) is 2.24. The predicted molar refractivity (Wildman–Crippen MR) is 55.8 cm³/mol. The largest absolute Gasteiger partial charge is 0.505 e. The predicted octanol–water partition coefficient (Wildman–Crippen LogP) is 2.12. The number of hydrogen-bond acceptors (Lipinski definition) is 3. The van der Waals surface area contributed by atoms with Crippen molar-refractivity contribution in [3.8, 4) is 5.75 Å². The molecule has 4 heteroatoms. The van der Waals surface area contributed by atoms with E-state index in [1.54, 1.807) is 6.07 Å². The summed E-state index contributed by atoms with van der Waals surface area (Å²) in [6, 6.07) is 3.07. The molecule has 1 atom stereocenters. The molecule has 0 saturated heterocycles. The molecule has 0 saturated carbocycles. The number of benzene rings is 1. The molecule has 0 spiro atoms. The van der Waals surface area contributed by atoms with E-state index in [-0.39, 0.29) is 24.1 Å². The number of methoxy groups -OCH3 is 1. The lowest BCUT2D eigenvalue weighted by molar-refractivity contribution is -0.141. The van der Waals surface area contributed by atoms with Gasteiger partial charge in [0.25, 0.3) is 0 Å². The SMILES string of the molecule is COC(=O)CC1CCc2ccc(O)c(F)c21. The van der Waals surface area contributed by atoms with E-state index in [1.165, 1.54) is 13.2 Å². The molecule has 0 amide bonds. The van der Waals surface area contributed by atoms with Gasteiger partial charge in [0.1, 0.15) is 0 Å². The Hall–Kier alpha value is -1.58. The van der Waals surface area contributed by atoms with Crippen molar-refractivity contribution in [2.24, 2.45) is 0 Å². The molecule has 0 heterocycles. The summed E-state index contributed by atoms with van der Waals surface area (Å²) < 4.78 is 18.3. The second kappa shape index (κ2) is 4.12. The molecule has 1 aromatic carbocycles. The van der Waals surface area contributed by atoms with Crippen molar-refractivity contribution in [1.82, 2.24) is 0 Å². The van der Waals surface area contributed by atoms with E-state index in [0.29, 0.717) is 5.56 Å². The zero-order valence-electron chi connectivity index (χ0n) is 9.00. The molecule has 1 aliphatic rings. The molecule has 16 heavy (non-hydrogen) atoms. The average molecular weight is 224 g/mol. The van der Waals surface area contributed by atoms with Crippen molar-refractivity contribution < 1.29 is 19.0 Å². The highest BCUT2D eigenvalue weighted by Gasteiger charge is 2.29. The van der Waals surface area contributed by atoms with Crippen molar-refractivity contribution in [3.63, 3.8) is 0 Å². The first-order valence-corrected chi connectivity index (χ1v) is 5.20. The van der Waals surface area contributed by atoms with Gasteiger partial charge in [-0.2, -0.15) is 0 Å². The zero-order chi connectivity index (χ0) is 11.7. The van der Waals surface area contributed by atoms with Crippen LogP contribution < -0.4 is 0 Å². The van der Waals surface area contributed by atoms with E-state index >= 15 is 0 Å². The Morgan fingerprint density at radius 2 is 2.38 bits per heavy atom. The molecule has 86 valence electrons. The Kier molecular flexibility index (Phi) is 2.81. The second-order valence-electron chi connectivity index (χ2n) is 3.99. The van der Waals surface area contributed by atoms with Gasteiger partial charge in [-0.05, 0) is 36.0 Å². The molecule has 1 N–H and O–H groups in total. The monoisotopic (exact) mass is 224 g/mol. The van der Waals surface area contributed by atoms with Crippen LogP contribution in [0.4, 0.5) is 4.39 Å². The highest BCUT2D eigenvalue weighted by molar-refractivity contribution is 5.70. The lowest BCUT2D eigenvalue weighted by Gasteiger charge is -2.11. The van der Waals surface area contributed by atoms with E-state index in [1.807, 2.05) is 0 Å². The Morgan fingerprint density at radius 1 is 1.62 bits per heavy atom. The van der Waals surface area contributed by atoms with Gasteiger partial charge in [0.2, 0.25) is 0 Å². The van der Waals surface area contributed by atoms with Crippen LogP contribution in [-0.4, -0.2) is 18.2 Å². The topological polar surface area (TPSA) is 46.5 Å². The summed E-state index contributed by atoms with van der Waals surface area (Å²) in [5.74, 6) is -1.46. The van der Waals surface area contributed by atoms with Crippen LogP contribution in [0, 0.1) is 5.82 Å². The summed E-state index contributed by atoms with van der Waals surface area (Å²) in [6.07, 6.45) is 1.64. The summed E-state index contributed by atoms with van der Waals surface area (Å²) in [5, 5.41) is 9.30. The van der Waals surface area contributed by atoms with E-state index in [9.17, 15) is 14.3 Å². The van der Waals surface area contributed by atoms with Gasteiger partial charge in [0.15, 0.2) is 11.6 Å². The first-order valence-electron chi connectivity index (χ1n) is 5.20. The number of ether oxygens (including phenoxy) is 1. The minimum Gasteiger partial charge on any atom is -0.505 e. The molecule has 2 rings (SSSR count). The second-order valence-corrected chi connectivity index (χ2v) is 3.99. The van der Waals surface area contributed by atoms with Crippen molar-refractivity contribution in [3.05, 3.63) is 29.1 Å². The molecular weight excluding hydrogens is 211 g/mol. The third kappa shape index (κ3) is 1.75. The normalized spacial score (nSPS) is 18.2. The van der Waals surface area contributed by atoms with Gasteiger partial charge < -0.3 is 9.84 Å². The van der Waals surface area contributed by atoms with Gasteiger partial charge in [-0.15, -0.1) is 0 Å². The zero-order valence-corrected chi connectivity index (χ0v) is 9.00. The van der Waals surface area contributed by atoms with Crippen molar-refractivity contribution >= 4 is 5.97 Å². The van der Waals surface area contributed by atoms with Crippen LogP contribution in [0.25, 0.3) is 0 Å². The lowest BCUT2D eigenvalue weighted by Crippen LogP contribution is -2.07. The summed E-state index contributed by atoms with van der Waals surface area (Å²) in [7, 11) is 1.32. The van der Waals surface area contributed by atoms with Gasteiger partial charge >= 0.3 is 5.97 Å². The molecule has 0 aromatic heterocycles. The maximum atomic E-state index is 13.7. The van der Waals surface area contributed by atoms with Crippen molar-refractivity contribution in [2.45, 2.75) is 25.2 Å². The first-order chi connectivity index (χ1) is 7.63. The number of rotatable bonds is 2. The molecule has 0 fully saturated rings. The van der Waals surface area contributed by atoms with Crippen molar-refractivity contribution in [1.29, 1.82) is 0 Å². The average Bonchev–Trinajstić information content (AvgIpc) is 2.67. The molecule has 0 radical (unpaired) electrons. The Labute approximate surface area is 92.9 Å². The molecular formula is C12H13FO3. The summed E-state index contributed by atoms with van der Waals surface area (Å²) in [6.45, 7) is 0. The van der Waals surface area contributed by atoms with Gasteiger partial charge in [-0.25, -0.2) is 4.39 Å². The van der Waals surface area contributed by atoms with Gasteiger partial charge in [0.05, 0.1) is 13.5 Å². The van der Waals surface area contributed by atoms with Crippen molar-refractivity contribution in [2.75, 3.05) is 7.11 Å². The molecule has 1 unspecified atom stereocenters. The maximum Gasteiger partial charge on any atom is 0.306 e. The minimum absolute atomic E-state index is 0.171. The number of carbonyl (C=O) groups excluding carboxylic acids is 1. The number of esters is 1. The third-order valence-corrected chi connectivity index (χ3v) is 3.06. The maximum absolute atomic E-state index is 13.7. The summed E-state index contributed by atoms with van der Waals surface area (Å²) in [5.41, 5.74) is 1.36. The minimum atomic E-state index is -0.594. The van der Waals surface area contributed by atoms with Gasteiger partial charge in [-0.1, -0.05) is 6.07 Å². The van der Waals surface area contributed by atoms with Crippen LogP contribution in [0.5, 0.6) is 5.75 Å². The Morgan fingerprint density at radius 3 is 3.06 bits per heavy atom. The van der Waals surface area contributed by atoms with Crippen LogP contribution in [0.3, 0.4) is 0 Å². The van der Waals surface area contributed by atoms with E-state index < -0.39 is 5.82 Å². The highest BCUT2D eigenvalue weighted by Crippen LogP contribution is 2.39. The van der Waals surface area contributed by atoms with Gasteiger partial charge in [-0.3, -0.25) is 4.79 Å². The molecule has 1 aromatic rings. The quantitative estimate of drug-likeness (QED) is 0.783. The highest BCUT2D eigenvalue weighted by atomic mass is 19.1. The number of phenols is 1. The number of aryl methyl sites for hydroxylation is 1. The van der Waals surface area contributed by atoms with Crippen LogP contribution in [0.2, 0.25) is 0 Å². The smallest absolute Gasteiger partial charge is 0.306 e. The third-order valence-electron chi connectivity index (χ3n) is 3.06. The van der Waals surface area contributed by atoms with Crippen LogP contribution in [-0.2, 0) is 16.0 Å². The Balaban J connectivity index is 2.31. The first kappa shape index (κ1) is 10.9. The molecule has 3 nitrogen and oxygen atoms in total. The van der Waals surface area contributed by atoms with Crippen LogP contribution >= 0.6 is 0 Å². The van der Waals surface area contributed by atoms with E-state index in [0.717, 1.165) is 18.4 Å². The van der Waals surface area contributed by atoms with E-state index in [2.05, 4.69) is 4.74 Å². The molecule has 1 aliphatic carbocycles. The standard InChI is InChI=1S/C12H13FO3/c1-16-10(15)6-8-3-2-7-4-5-9(14)12(13)11(7)8/h4-5,8,14H,2-3,6H2,1H3. The molecule has 0 bridgehead atoms. The Bertz CT molecular complexity index is 429. The van der Waals surface area contributed by atoms with E-state index in [4.69, 9.17) is 0 Å². The lowest BCUT2D eigenvalue weighted by atomic mass is 9.97. The number of phenolic OH excluding ortho intramolecular Hbond substituents is 1. The van der Waals surface area contributed by atoms with Gasteiger partial charge in [0, 0.05) is 0 Å².